The predicted octanol–water partition coefficient (Wildman–Crippen LogP) is 0.269. The van der Waals surface area contributed by atoms with Crippen molar-refractivity contribution in [2.45, 2.75) is 50.2 Å². The van der Waals surface area contributed by atoms with Gasteiger partial charge in [-0.1, -0.05) is 0 Å². The van der Waals surface area contributed by atoms with Crippen LogP contribution in [0, 0.1) is 0 Å². The van der Waals surface area contributed by atoms with Crippen molar-refractivity contribution in [1.29, 1.82) is 0 Å². The molecule has 1 aliphatic heterocycles. The summed E-state index contributed by atoms with van der Waals surface area (Å²) in [6.45, 7) is 2.28. The third-order valence-corrected chi connectivity index (χ3v) is 3.96. The van der Waals surface area contributed by atoms with Crippen LogP contribution in [0.1, 0.15) is 38.5 Å². The van der Waals surface area contributed by atoms with Crippen molar-refractivity contribution in [3.8, 4) is 0 Å². The molecular weight excluding hydrogens is 248 g/mol. The van der Waals surface area contributed by atoms with Crippen molar-refractivity contribution in [1.82, 2.24) is 10.6 Å². The predicted molar refractivity (Wildman–Crippen MR) is 68.8 cm³/mol. The lowest BCUT2D eigenvalue weighted by molar-refractivity contribution is -0.152. The van der Waals surface area contributed by atoms with Gasteiger partial charge in [-0.3, -0.25) is 4.79 Å². The average molecular weight is 270 g/mol. The molecule has 0 radical (unpaired) electrons. The molecule has 2 fully saturated rings. The van der Waals surface area contributed by atoms with Gasteiger partial charge in [0.15, 0.2) is 0 Å². The van der Waals surface area contributed by atoms with Crippen LogP contribution in [0.5, 0.6) is 0 Å². The van der Waals surface area contributed by atoms with E-state index in [-0.39, 0.29) is 18.4 Å². The monoisotopic (exact) mass is 270 g/mol. The van der Waals surface area contributed by atoms with Crippen molar-refractivity contribution in [2.75, 3.05) is 19.7 Å². The molecule has 0 unspecified atom stereocenters. The van der Waals surface area contributed by atoms with Gasteiger partial charge >= 0.3 is 5.97 Å². The summed E-state index contributed by atoms with van der Waals surface area (Å²) in [5, 5.41) is 15.0. The van der Waals surface area contributed by atoms with Gasteiger partial charge in [-0.25, -0.2) is 4.79 Å². The van der Waals surface area contributed by atoms with E-state index in [2.05, 4.69) is 10.6 Å². The minimum Gasteiger partial charge on any atom is -0.480 e. The number of aliphatic carboxylic acids is 1. The number of hydrogen-bond acceptors (Lipinski definition) is 4. The molecule has 3 N–H and O–H groups in total. The molecule has 0 spiro atoms. The van der Waals surface area contributed by atoms with Crippen LogP contribution in [0.4, 0.5) is 0 Å². The van der Waals surface area contributed by atoms with Crippen LogP contribution in [0.2, 0.25) is 0 Å². The Labute approximate surface area is 112 Å². The summed E-state index contributed by atoms with van der Waals surface area (Å²) in [6.07, 6.45) is 4.33. The Hall–Kier alpha value is -1.14. The van der Waals surface area contributed by atoms with Crippen LogP contribution in [-0.4, -0.2) is 48.3 Å². The van der Waals surface area contributed by atoms with Gasteiger partial charge in [-0.15, -0.1) is 0 Å². The Kier molecular flexibility index (Phi) is 4.76. The van der Waals surface area contributed by atoms with Crippen LogP contribution in [0.15, 0.2) is 0 Å². The molecule has 1 saturated carbocycles. The number of ether oxygens (including phenoxy) is 1. The third kappa shape index (κ3) is 3.67. The van der Waals surface area contributed by atoms with Gasteiger partial charge in [0.1, 0.15) is 5.54 Å². The molecule has 0 aromatic heterocycles. The molecule has 0 aromatic carbocycles. The van der Waals surface area contributed by atoms with Crippen molar-refractivity contribution in [3.63, 3.8) is 0 Å². The first-order valence-corrected chi connectivity index (χ1v) is 6.99. The molecule has 6 heteroatoms. The SMILES string of the molecule is O=C(CCOC1CCNCC1)NC1(C(=O)O)CCC1. The topological polar surface area (TPSA) is 87.7 Å². The zero-order valence-electron chi connectivity index (χ0n) is 11.1. The number of nitrogens with one attached hydrogen (secondary N) is 2. The highest BCUT2D eigenvalue weighted by Gasteiger charge is 2.45. The number of rotatable bonds is 6. The number of piperidine rings is 1. The first kappa shape index (κ1) is 14.3. The number of hydrogen-bond donors (Lipinski definition) is 3. The van der Waals surface area contributed by atoms with E-state index in [9.17, 15) is 9.59 Å². The van der Waals surface area contributed by atoms with E-state index in [1.807, 2.05) is 0 Å². The molecule has 2 aliphatic rings. The maximum absolute atomic E-state index is 11.7. The van der Waals surface area contributed by atoms with E-state index in [0.717, 1.165) is 32.4 Å². The molecule has 2 rings (SSSR count). The molecule has 1 amide bonds. The van der Waals surface area contributed by atoms with E-state index in [1.165, 1.54) is 0 Å². The first-order chi connectivity index (χ1) is 9.12. The van der Waals surface area contributed by atoms with E-state index < -0.39 is 11.5 Å². The second-order valence-corrected chi connectivity index (χ2v) is 5.36. The van der Waals surface area contributed by atoms with E-state index in [0.29, 0.717) is 19.4 Å². The normalized spacial score (nSPS) is 22.5. The Balaban J connectivity index is 1.65. The lowest BCUT2D eigenvalue weighted by Crippen LogP contribution is -2.59. The first-order valence-electron chi connectivity index (χ1n) is 6.99. The van der Waals surface area contributed by atoms with Gasteiger partial charge < -0.3 is 20.5 Å². The molecule has 0 bridgehead atoms. The van der Waals surface area contributed by atoms with Crippen molar-refractivity contribution in [2.24, 2.45) is 0 Å². The quantitative estimate of drug-likeness (QED) is 0.645. The maximum atomic E-state index is 11.7. The van der Waals surface area contributed by atoms with Crippen LogP contribution in [-0.2, 0) is 14.3 Å². The summed E-state index contributed by atoms with van der Waals surface area (Å²) < 4.78 is 5.63. The molecule has 6 nitrogen and oxygen atoms in total. The number of carboxylic acids is 1. The lowest BCUT2D eigenvalue weighted by atomic mass is 9.76. The van der Waals surface area contributed by atoms with Crippen LogP contribution in [0.3, 0.4) is 0 Å². The highest BCUT2D eigenvalue weighted by molar-refractivity contribution is 5.87. The largest absolute Gasteiger partial charge is 0.480 e. The summed E-state index contributed by atoms with van der Waals surface area (Å²) in [6, 6.07) is 0. The third-order valence-electron chi connectivity index (χ3n) is 3.96. The lowest BCUT2D eigenvalue weighted by Gasteiger charge is -2.38. The number of carbonyl (C=O) groups excluding carboxylic acids is 1. The summed E-state index contributed by atoms with van der Waals surface area (Å²) in [4.78, 5) is 22.8. The zero-order chi connectivity index (χ0) is 13.7. The van der Waals surface area contributed by atoms with Crippen LogP contribution in [0.25, 0.3) is 0 Å². The standard InChI is InChI=1S/C13H22N2O4/c16-11(15-13(12(17)18)5-1-6-13)4-9-19-10-2-7-14-8-3-10/h10,14H,1-9H2,(H,15,16)(H,17,18). The van der Waals surface area contributed by atoms with Gasteiger partial charge in [-0.05, 0) is 45.2 Å². The number of amides is 1. The smallest absolute Gasteiger partial charge is 0.329 e. The van der Waals surface area contributed by atoms with Gasteiger partial charge in [-0.2, -0.15) is 0 Å². The highest BCUT2D eigenvalue weighted by atomic mass is 16.5. The van der Waals surface area contributed by atoms with Crippen molar-refractivity contribution >= 4 is 11.9 Å². The Bertz CT molecular complexity index is 336. The fraction of sp³-hybridized carbons (Fsp3) is 0.846. The summed E-state index contributed by atoms with van der Waals surface area (Å²) in [7, 11) is 0. The number of carboxylic acid groups (broad SMARTS) is 1. The Morgan fingerprint density at radius 2 is 2.00 bits per heavy atom. The van der Waals surface area contributed by atoms with Crippen LogP contribution >= 0.6 is 0 Å². The van der Waals surface area contributed by atoms with E-state index >= 15 is 0 Å². The summed E-state index contributed by atoms with van der Waals surface area (Å²) in [5.74, 6) is -1.15. The fourth-order valence-electron chi connectivity index (χ4n) is 2.53. The Morgan fingerprint density at radius 1 is 1.32 bits per heavy atom. The van der Waals surface area contributed by atoms with Crippen molar-refractivity contribution < 1.29 is 19.4 Å². The Morgan fingerprint density at radius 3 is 2.53 bits per heavy atom. The maximum Gasteiger partial charge on any atom is 0.329 e. The molecule has 108 valence electrons. The minimum absolute atomic E-state index is 0.226. The second kappa shape index (κ2) is 6.34. The average Bonchev–Trinajstić information content (AvgIpc) is 2.34. The molecule has 1 heterocycles. The van der Waals surface area contributed by atoms with Gasteiger partial charge in [0.25, 0.3) is 0 Å². The molecular formula is C13H22N2O4. The molecule has 19 heavy (non-hydrogen) atoms. The highest BCUT2D eigenvalue weighted by Crippen LogP contribution is 2.32. The number of carbonyl (C=O) groups is 2. The van der Waals surface area contributed by atoms with Gasteiger partial charge in [0.2, 0.25) is 5.91 Å². The van der Waals surface area contributed by atoms with Gasteiger partial charge in [0.05, 0.1) is 12.7 Å². The summed E-state index contributed by atoms with van der Waals surface area (Å²) in [5.41, 5.74) is -1.01. The molecule has 0 aromatic rings. The zero-order valence-corrected chi connectivity index (χ0v) is 11.1. The van der Waals surface area contributed by atoms with Crippen molar-refractivity contribution in [3.05, 3.63) is 0 Å². The molecule has 0 atom stereocenters. The summed E-state index contributed by atoms with van der Waals surface area (Å²) >= 11 is 0. The minimum atomic E-state index is -1.01. The molecule has 1 saturated heterocycles. The van der Waals surface area contributed by atoms with Crippen LogP contribution < -0.4 is 10.6 Å². The second-order valence-electron chi connectivity index (χ2n) is 5.36. The fourth-order valence-corrected chi connectivity index (χ4v) is 2.53. The molecule has 1 aliphatic carbocycles. The van der Waals surface area contributed by atoms with E-state index in [1.54, 1.807) is 0 Å². The van der Waals surface area contributed by atoms with E-state index in [4.69, 9.17) is 9.84 Å². The van der Waals surface area contributed by atoms with Gasteiger partial charge in [0, 0.05) is 6.42 Å².